The van der Waals surface area contributed by atoms with Crippen LogP contribution in [0.4, 0.5) is 5.69 Å². The Morgan fingerprint density at radius 2 is 1.68 bits per heavy atom. The van der Waals surface area contributed by atoms with Crippen molar-refractivity contribution in [3.63, 3.8) is 0 Å². The summed E-state index contributed by atoms with van der Waals surface area (Å²) < 4.78 is 10.8. The lowest BCUT2D eigenvalue weighted by Crippen LogP contribution is -2.44. The van der Waals surface area contributed by atoms with Crippen LogP contribution in [0.15, 0.2) is 42.5 Å². The van der Waals surface area contributed by atoms with E-state index in [0.717, 1.165) is 51.0 Å². The Morgan fingerprint density at radius 3 is 2.32 bits per heavy atom. The highest BCUT2D eigenvalue weighted by atomic mass is 35.5. The fraction of sp³-hybridized carbons (Fsp3) is 0.385. The van der Waals surface area contributed by atoms with E-state index >= 15 is 0 Å². The molecule has 0 aromatic heterocycles. The summed E-state index contributed by atoms with van der Waals surface area (Å²) >= 11 is 11.9. The summed E-state index contributed by atoms with van der Waals surface area (Å²) in [6.07, 6.45) is 2.94. The first kappa shape index (κ1) is 24.2. The van der Waals surface area contributed by atoms with Gasteiger partial charge in [-0.25, -0.2) is 0 Å². The number of carbonyl (C=O) groups excluding carboxylic acids is 1. The molecule has 4 rings (SSSR count). The van der Waals surface area contributed by atoms with Crippen LogP contribution in [0.2, 0.25) is 5.02 Å². The number of amides is 1. The zero-order valence-electron chi connectivity index (χ0n) is 19.4. The molecule has 2 aromatic rings. The second kappa shape index (κ2) is 10.5. The van der Waals surface area contributed by atoms with Crippen LogP contribution in [-0.4, -0.2) is 61.2 Å². The molecule has 1 amide bonds. The van der Waals surface area contributed by atoms with Crippen LogP contribution < -0.4 is 14.8 Å². The minimum atomic E-state index is -0.102. The second-order valence-corrected chi connectivity index (χ2v) is 9.49. The predicted molar refractivity (Wildman–Crippen MR) is 139 cm³/mol. The molecule has 178 valence electrons. The molecule has 6 nitrogen and oxygen atoms in total. The van der Waals surface area contributed by atoms with Crippen molar-refractivity contribution in [2.75, 3.05) is 45.7 Å². The topological polar surface area (TPSA) is 54.0 Å². The molecule has 2 saturated heterocycles. The van der Waals surface area contributed by atoms with E-state index in [1.807, 2.05) is 35.2 Å². The van der Waals surface area contributed by atoms with Crippen molar-refractivity contribution in [2.45, 2.75) is 19.3 Å². The van der Waals surface area contributed by atoms with Crippen LogP contribution >= 0.6 is 23.8 Å². The lowest BCUT2D eigenvalue weighted by atomic mass is 9.78. The first-order valence-corrected chi connectivity index (χ1v) is 12.0. The van der Waals surface area contributed by atoms with Gasteiger partial charge >= 0.3 is 0 Å². The normalized spacial score (nSPS) is 16.6. The quantitative estimate of drug-likeness (QED) is 0.500. The first-order chi connectivity index (χ1) is 16.4. The van der Waals surface area contributed by atoms with Crippen LogP contribution in [0, 0.1) is 17.3 Å². The van der Waals surface area contributed by atoms with Crippen LogP contribution in [0.25, 0.3) is 0 Å². The Balaban J connectivity index is 1.34. The average Bonchev–Trinajstić information content (AvgIpc) is 3.28. The van der Waals surface area contributed by atoms with Crippen molar-refractivity contribution in [1.82, 2.24) is 9.80 Å². The SMILES string of the molecule is COc1cc(NC(=S)N2CCC3(CCN(C(=O)C#Cc4ccccc4)CC3)C2)c(OC)cc1Cl. The van der Waals surface area contributed by atoms with Crippen LogP contribution in [0.1, 0.15) is 24.8 Å². The number of anilines is 1. The third kappa shape index (κ3) is 5.40. The van der Waals surface area contributed by atoms with E-state index in [-0.39, 0.29) is 11.3 Å². The van der Waals surface area contributed by atoms with Gasteiger partial charge in [0.25, 0.3) is 5.91 Å². The van der Waals surface area contributed by atoms with E-state index in [1.165, 1.54) is 0 Å². The molecule has 2 aromatic carbocycles. The number of benzene rings is 2. The van der Waals surface area contributed by atoms with Crippen molar-refractivity contribution in [3.8, 4) is 23.3 Å². The van der Waals surface area contributed by atoms with Gasteiger partial charge < -0.3 is 24.6 Å². The molecule has 0 unspecified atom stereocenters. The lowest BCUT2D eigenvalue weighted by Gasteiger charge is -2.38. The summed E-state index contributed by atoms with van der Waals surface area (Å²) in [5, 5.41) is 4.42. The molecule has 0 atom stereocenters. The number of hydrogen-bond acceptors (Lipinski definition) is 4. The number of piperidine rings is 1. The largest absolute Gasteiger partial charge is 0.495 e. The Morgan fingerprint density at radius 1 is 1.03 bits per heavy atom. The molecular formula is C26H28ClN3O3S. The monoisotopic (exact) mass is 497 g/mol. The van der Waals surface area contributed by atoms with Gasteiger partial charge in [-0.3, -0.25) is 4.79 Å². The number of nitrogens with one attached hydrogen (secondary N) is 1. The van der Waals surface area contributed by atoms with E-state index in [0.29, 0.717) is 27.3 Å². The minimum Gasteiger partial charge on any atom is -0.495 e. The summed E-state index contributed by atoms with van der Waals surface area (Å²) in [7, 11) is 3.17. The molecule has 2 heterocycles. The minimum absolute atomic E-state index is 0.102. The maximum atomic E-state index is 12.6. The number of thiocarbonyl (C=S) groups is 1. The van der Waals surface area contributed by atoms with E-state index in [1.54, 1.807) is 26.4 Å². The van der Waals surface area contributed by atoms with Crippen molar-refractivity contribution in [3.05, 3.63) is 53.1 Å². The first-order valence-electron chi connectivity index (χ1n) is 11.3. The molecule has 2 fully saturated rings. The van der Waals surface area contributed by atoms with E-state index in [9.17, 15) is 4.79 Å². The second-order valence-electron chi connectivity index (χ2n) is 8.70. The van der Waals surface area contributed by atoms with Gasteiger partial charge in [0.15, 0.2) is 5.11 Å². The summed E-state index contributed by atoms with van der Waals surface area (Å²) in [5.74, 6) is 6.81. The summed E-state index contributed by atoms with van der Waals surface area (Å²) in [5.41, 5.74) is 1.73. The smallest absolute Gasteiger partial charge is 0.298 e. The molecule has 1 N–H and O–H groups in total. The molecule has 2 aliphatic heterocycles. The zero-order chi connectivity index (χ0) is 24.1. The standard InChI is InChI=1S/C26H28ClN3O3S/c1-32-22-17-21(23(33-2)16-20(22)27)28-25(34)30-15-12-26(18-30)10-13-29(14-11-26)24(31)9-8-19-6-4-3-5-7-19/h3-7,16-17H,10-15,18H2,1-2H3,(H,28,34). The fourth-order valence-electron chi connectivity index (χ4n) is 4.58. The number of carbonyl (C=O) groups is 1. The Kier molecular flexibility index (Phi) is 7.50. The Labute approximate surface area is 211 Å². The summed E-state index contributed by atoms with van der Waals surface area (Å²) in [6, 6.07) is 13.1. The molecule has 34 heavy (non-hydrogen) atoms. The number of nitrogens with zero attached hydrogens (tertiary/aromatic N) is 2. The van der Waals surface area contributed by atoms with Gasteiger partial charge in [0, 0.05) is 49.8 Å². The molecular weight excluding hydrogens is 470 g/mol. The maximum absolute atomic E-state index is 12.6. The van der Waals surface area contributed by atoms with Crippen LogP contribution in [0.3, 0.4) is 0 Å². The van der Waals surface area contributed by atoms with Gasteiger partial charge in [-0.15, -0.1) is 0 Å². The van der Waals surface area contributed by atoms with Crippen molar-refractivity contribution in [1.29, 1.82) is 0 Å². The maximum Gasteiger partial charge on any atom is 0.298 e. The average molecular weight is 498 g/mol. The number of rotatable bonds is 3. The van der Waals surface area contributed by atoms with Crippen molar-refractivity contribution in [2.24, 2.45) is 5.41 Å². The summed E-state index contributed by atoms with van der Waals surface area (Å²) in [6.45, 7) is 3.18. The van der Waals surface area contributed by atoms with Crippen molar-refractivity contribution < 1.29 is 14.3 Å². The van der Waals surface area contributed by atoms with Gasteiger partial charge in [-0.05, 0) is 49.0 Å². The molecule has 0 saturated carbocycles. The van der Waals surface area contributed by atoms with Gasteiger partial charge in [0.05, 0.1) is 24.9 Å². The predicted octanol–water partition coefficient (Wildman–Crippen LogP) is 4.42. The van der Waals surface area contributed by atoms with Crippen LogP contribution in [0.5, 0.6) is 11.5 Å². The highest BCUT2D eigenvalue weighted by Crippen LogP contribution is 2.41. The number of hydrogen-bond donors (Lipinski definition) is 1. The fourth-order valence-corrected chi connectivity index (χ4v) is 5.08. The van der Waals surface area contributed by atoms with Gasteiger partial charge in [-0.2, -0.15) is 0 Å². The molecule has 0 aliphatic carbocycles. The molecule has 0 bridgehead atoms. The van der Waals surface area contributed by atoms with Gasteiger partial charge in [0.2, 0.25) is 0 Å². The van der Waals surface area contributed by atoms with Crippen LogP contribution in [-0.2, 0) is 4.79 Å². The molecule has 8 heteroatoms. The number of halogens is 1. The van der Waals surface area contributed by atoms with E-state index in [4.69, 9.17) is 33.3 Å². The Hall–Kier alpha value is -2.95. The highest BCUT2D eigenvalue weighted by Gasteiger charge is 2.42. The van der Waals surface area contributed by atoms with Gasteiger partial charge in [-0.1, -0.05) is 35.7 Å². The molecule has 0 radical (unpaired) electrons. The number of likely N-dealkylation sites (tertiary alicyclic amines) is 2. The third-order valence-corrected chi connectivity index (χ3v) is 7.30. The Bertz CT molecular complexity index is 1120. The molecule has 2 aliphatic rings. The highest BCUT2D eigenvalue weighted by molar-refractivity contribution is 7.80. The van der Waals surface area contributed by atoms with E-state index in [2.05, 4.69) is 22.1 Å². The lowest BCUT2D eigenvalue weighted by molar-refractivity contribution is -0.127. The third-order valence-electron chi connectivity index (χ3n) is 6.64. The summed E-state index contributed by atoms with van der Waals surface area (Å²) in [4.78, 5) is 16.6. The zero-order valence-corrected chi connectivity index (χ0v) is 21.0. The van der Waals surface area contributed by atoms with Gasteiger partial charge in [0.1, 0.15) is 11.5 Å². The van der Waals surface area contributed by atoms with E-state index < -0.39 is 0 Å². The van der Waals surface area contributed by atoms with Crippen molar-refractivity contribution >= 4 is 40.5 Å². The number of ether oxygens (including phenoxy) is 2. The number of methoxy groups -OCH3 is 2. The molecule has 1 spiro atoms.